The Morgan fingerprint density at radius 2 is 1.84 bits per heavy atom. The molecule has 1 aliphatic rings. The van der Waals surface area contributed by atoms with E-state index < -0.39 is 6.10 Å². The number of amides is 1. The smallest absolute Gasteiger partial charge is 0.267 e. The number of nitrogens with two attached hydrogens (primary N) is 1. The molecule has 2 heterocycles. The van der Waals surface area contributed by atoms with Crippen LogP contribution in [0.2, 0.25) is 0 Å². The first-order valence-corrected chi connectivity index (χ1v) is 10.9. The van der Waals surface area contributed by atoms with Gasteiger partial charge in [-0.3, -0.25) is 4.79 Å². The number of nitrogens with one attached hydrogen (secondary N) is 1. The van der Waals surface area contributed by atoms with Gasteiger partial charge in [0.2, 0.25) is 6.10 Å². The lowest BCUT2D eigenvalue weighted by atomic mass is 9.87. The zero-order chi connectivity index (χ0) is 22.4. The maximum absolute atomic E-state index is 12.4. The molecule has 1 atom stereocenters. The largest absolute Gasteiger partial charge is 0.381 e. The summed E-state index contributed by atoms with van der Waals surface area (Å²) in [5.74, 6) is 0.818. The Bertz CT molecular complexity index is 912. The lowest BCUT2D eigenvalue weighted by molar-refractivity contribution is -0.126. The number of piperidine rings is 1. The van der Waals surface area contributed by atoms with E-state index in [4.69, 9.17) is 10.6 Å². The Kier molecular flexibility index (Phi) is 7.15. The molecule has 7 heteroatoms. The molecule has 0 saturated carbocycles. The van der Waals surface area contributed by atoms with Crippen LogP contribution in [0.5, 0.6) is 0 Å². The Morgan fingerprint density at radius 1 is 1.16 bits per heavy atom. The molecular weight excluding hydrogens is 390 g/mol. The molecule has 1 aliphatic heterocycles. The van der Waals surface area contributed by atoms with E-state index >= 15 is 0 Å². The monoisotopic (exact) mass is 423 g/mol. The lowest BCUT2D eigenvalue weighted by Crippen LogP contribution is -2.30. The molecule has 2 aromatic rings. The molecular formula is C24H33N5O2. The van der Waals surface area contributed by atoms with Crippen molar-refractivity contribution in [3.05, 3.63) is 53.7 Å². The van der Waals surface area contributed by atoms with Crippen molar-refractivity contribution in [3.63, 3.8) is 0 Å². The molecule has 0 radical (unpaired) electrons. The first-order valence-electron chi connectivity index (χ1n) is 10.9. The summed E-state index contributed by atoms with van der Waals surface area (Å²) in [4.78, 5) is 24.5. The first kappa shape index (κ1) is 22.6. The van der Waals surface area contributed by atoms with E-state index in [1.54, 1.807) is 19.2 Å². The third kappa shape index (κ3) is 6.20. The molecule has 1 fully saturated rings. The molecule has 166 valence electrons. The molecule has 1 aromatic heterocycles. The number of carbonyl (C=O) groups excluding carboxylic acids is 1. The first-order chi connectivity index (χ1) is 14.7. The van der Waals surface area contributed by atoms with Crippen LogP contribution < -0.4 is 16.0 Å². The standard InChI is InChI=1S/C24H33N5O2/c1-17(23(30)27-20-10-8-19(9-11-20)24(2,3)4)31-28-22(25)18-12-13-26-21(16-18)29-14-6-5-7-15-29/h8-13,16-17H,5-7,14-15H2,1-4H3,(H2,25,28)(H,27,30). The number of rotatable bonds is 6. The summed E-state index contributed by atoms with van der Waals surface area (Å²) in [6.45, 7) is 10.1. The van der Waals surface area contributed by atoms with Crippen LogP contribution in [0.25, 0.3) is 0 Å². The van der Waals surface area contributed by atoms with Gasteiger partial charge in [0.1, 0.15) is 5.82 Å². The van der Waals surface area contributed by atoms with Crippen molar-refractivity contribution in [2.24, 2.45) is 10.9 Å². The number of hydrogen-bond donors (Lipinski definition) is 2. The molecule has 1 unspecified atom stereocenters. The number of oxime groups is 1. The molecule has 3 rings (SSSR count). The SMILES string of the molecule is CC(ON=C(N)c1ccnc(N2CCCCC2)c1)C(=O)Nc1ccc(C(C)(C)C)cc1. The minimum Gasteiger partial charge on any atom is -0.381 e. The molecule has 31 heavy (non-hydrogen) atoms. The van der Waals surface area contributed by atoms with Gasteiger partial charge in [-0.25, -0.2) is 4.98 Å². The number of benzene rings is 1. The average molecular weight is 424 g/mol. The molecule has 0 bridgehead atoms. The maximum Gasteiger partial charge on any atom is 0.267 e. The molecule has 3 N–H and O–H groups in total. The van der Waals surface area contributed by atoms with E-state index in [0.717, 1.165) is 24.5 Å². The van der Waals surface area contributed by atoms with Crippen molar-refractivity contribution >= 4 is 23.2 Å². The summed E-state index contributed by atoms with van der Waals surface area (Å²) < 4.78 is 0. The zero-order valence-corrected chi connectivity index (χ0v) is 18.9. The van der Waals surface area contributed by atoms with Gasteiger partial charge in [-0.15, -0.1) is 0 Å². The van der Waals surface area contributed by atoms with Crippen LogP contribution >= 0.6 is 0 Å². The van der Waals surface area contributed by atoms with E-state index in [1.165, 1.54) is 24.8 Å². The van der Waals surface area contributed by atoms with Gasteiger partial charge >= 0.3 is 0 Å². The van der Waals surface area contributed by atoms with Gasteiger partial charge in [0, 0.05) is 30.5 Å². The van der Waals surface area contributed by atoms with E-state index in [1.807, 2.05) is 30.3 Å². The predicted molar refractivity (Wildman–Crippen MR) is 125 cm³/mol. The van der Waals surface area contributed by atoms with Crippen LogP contribution in [-0.2, 0) is 15.0 Å². The highest BCUT2D eigenvalue weighted by atomic mass is 16.6. The minimum atomic E-state index is -0.788. The van der Waals surface area contributed by atoms with Crippen molar-refractivity contribution in [2.45, 2.75) is 58.5 Å². The fourth-order valence-corrected chi connectivity index (χ4v) is 3.41. The van der Waals surface area contributed by atoms with Gasteiger partial charge in [-0.05, 0) is 61.4 Å². The van der Waals surface area contributed by atoms with Crippen LogP contribution in [0.4, 0.5) is 11.5 Å². The van der Waals surface area contributed by atoms with Gasteiger partial charge in [-0.1, -0.05) is 38.1 Å². The number of amidine groups is 1. The Morgan fingerprint density at radius 3 is 2.48 bits per heavy atom. The molecule has 0 spiro atoms. The third-order valence-corrected chi connectivity index (χ3v) is 5.42. The normalized spacial score (nSPS) is 16.0. The molecule has 1 amide bonds. The summed E-state index contributed by atoms with van der Waals surface area (Å²) in [6.07, 6.45) is 4.53. The second-order valence-corrected chi connectivity index (χ2v) is 8.99. The Labute approximate surface area is 184 Å². The van der Waals surface area contributed by atoms with Crippen molar-refractivity contribution in [2.75, 3.05) is 23.3 Å². The molecule has 1 saturated heterocycles. The lowest BCUT2D eigenvalue weighted by Gasteiger charge is -2.27. The second-order valence-electron chi connectivity index (χ2n) is 8.99. The van der Waals surface area contributed by atoms with E-state index in [-0.39, 0.29) is 17.2 Å². The fraction of sp³-hybridized carbons (Fsp3) is 0.458. The fourth-order valence-electron chi connectivity index (χ4n) is 3.41. The quantitative estimate of drug-likeness (QED) is 0.416. The molecule has 7 nitrogen and oxygen atoms in total. The van der Waals surface area contributed by atoms with Crippen molar-refractivity contribution in [3.8, 4) is 0 Å². The van der Waals surface area contributed by atoms with Crippen LogP contribution in [0, 0.1) is 0 Å². The van der Waals surface area contributed by atoms with Crippen molar-refractivity contribution in [1.82, 2.24) is 4.98 Å². The van der Waals surface area contributed by atoms with Gasteiger partial charge in [0.05, 0.1) is 0 Å². The predicted octanol–water partition coefficient (Wildman–Crippen LogP) is 4.03. The van der Waals surface area contributed by atoms with Crippen molar-refractivity contribution < 1.29 is 9.63 Å². The highest BCUT2D eigenvalue weighted by Gasteiger charge is 2.17. The van der Waals surface area contributed by atoms with Crippen molar-refractivity contribution in [1.29, 1.82) is 0 Å². The number of hydrogen-bond acceptors (Lipinski definition) is 5. The summed E-state index contributed by atoms with van der Waals surface area (Å²) in [6, 6.07) is 11.5. The topological polar surface area (TPSA) is 92.8 Å². The highest BCUT2D eigenvalue weighted by molar-refractivity contribution is 5.98. The highest BCUT2D eigenvalue weighted by Crippen LogP contribution is 2.23. The Hall–Kier alpha value is -3.09. The van der Waals surface area contributed by atoms with E-state index in [0.29, 0.717) is 5.69 Å². The third-order valence-electron chi connectivity index (χ3n) is 5.42. The Balaban J connectivity index is 1.58. The molecule has 1 aromatic carbocycles. The van der Waals surface area contributed by atoms with Gasteiger partial charge < -0.3 is 20.8 Å². The molecule has 0 aliphatic carbocycles. The summed E-state index contributed by atoms with van der Waals surface area (Å²) in [5.41, 5.74) is 8.80. The zero-order valence-electron chi connectivity index (χ0n) is 18.9. The second kappa shape index (κ2) is 9.81. The summed E-state index contributed by atoms with van der Waals surface area (Å²) in [7, 11) is 0. The summed E-state index contributed by atoms with van der Waals surface area (Å²) >= 11 is 0. The minimum absolute atomic E-state index is 0.0615. The van der Waals surface area contributed by atoms with Crippen LogP contribution in [-0.4, -0.2) is 35.9 Å². The van der Waals surface area contributed by atoms with Gasteiger partial charge in [-0.2, -0.15) is 0 Å². The van der Waals surface area contributed by atoms with Gasteiger partial charge in [0.15, 0.2) is 5.84 Å². The number of aromatic nitrogens is 1. The average Bonchev–Trinajstić information content (AvgIpc) is 2.77. The van der Waals surface area contributed by atoms with Gasteiger partial charge in [0.25, 0.3) is 5.91 Å². The number of nitrogens with zero attached hydrogens (tertiary/aromatic N) is 3. The number of anilines is 2. The van der Waals surface area contributed by atoms with Crippen LogP contribution in [0.1, 0.15) is 58.1 Å². The van der Waals surface area contributed by atoms with E-state index in [2.05, 4.69) is 41.1 Å². The van der Waals surface area contributed by atoms with Crippen LogP contribution in [0.3, 0.4) is 0 Å². The maximum atomic E-state index is 12.4. The number of pyridine rings is 1. The summed E-state index contributed by atoms with van der Waals surface area (Å²) in [5, 5.41) is 6.82. The number of carbonyl (C=O) groups is 1. The van der Waals surface area contributed by atoms with E-state index in [9.17, 15) is 4.79 Å². The van der Waals surface area contributed by atoms with Crippen LogP contribution in [0.15, 0.2) is 47.8 Å².